The summed E-state index contributed by atoms with van der Waals surface area (Å²) in [5.74, 6) is -0.332. The van der Waals surface area contributed by atoms with E-state index in [0.29, 0.717) is 22.1 Å². The van der Waals surface area contributed by atoms with E-state index in [1.165, 1.54) is 23.9 Å². The second-order valence-electron chi connectivity index (χ2n) is 3.70. The summed E-state index contributed by atoms with van der Waals surface area (Å²) in [6, 6.07) is 5.77. The fourth-order valence-electron chi connectivity index (χ4n) is 1.63. The van der Waals surface area contributed by atoms with Gasteiger partial charge in [0.1, 0.15) is 11.0 Å². The van der Waals surface area contributed by atoms with Gasteiger partial charge in [0.05, 0.1) is 24.6 Å². The van der Waals surface area contributed by atoms with E-state index in [2.05, 4.69) is 5.10 Å². The number of hydrogen-bond donors (Lipinski definition) is 1. The molecule has 0 fully saturated rings. The van der Waals surface area contributed by atoms with Crippen LogP contribution in [0.2, 0.25) is 5.15 Å². The first-order chi connectivity index (χ1) is 8.67. The Balaban J connectivity index is 2.47. The van der Waals surface area contributed by atoms with Crippen molar-refractivity contribution in [2.24, 2.45) is 0 Å². The lowest BCUT2D eigenvalue weighted by Crippen LogP contribution is -1.98. The van der Waals surface area contributed by atoms with Crippen molar-refractivity contribution in [1.82, 2.24) is 9.78 Å². The molecule has 18 heavy (non-hydrogen) atoms. The van der Waals surface area contributed by atoms with Crippen LogP contribution in [-0.4, -0.2) is 22.0 Å². The molecule has 96 valence electrons. The van der Waals surface area contributed by atoms with Crippen LogP contribution in [0.3, 0.4) is 0 Å². The summed E-state index contributed by atoms with van der Waals surface area (Å²) in [5.41, 5.74) is 1.70. The predicted molar refractivity (Wildman–Crippen MR) is 65.2 cm³/mol. The first-order valence-corrected chi connectivity index (χ1v) is 5.67. The van der Waals surface area contributed by atoms with Gasteiger partial charge in [-0.05, 0) is 24.3 Å². The van der Waals surface area contributed by atoms with Crippen LogP contribution >= 0.6 is 11.6 Å². The molecule has 2 aromatic rings. The summed E-state index contributed by atoms with van der Waals surface area (Å²) in [5, 5.41) is 13.8. The summed E-state index contributed by atoms with van der Waals surface area (Å²) in [6.45, 7) is 0.0303. The second kappa shape index (κ2) is 5.48. The molecule has 0 radical (unpaired) electrons. The van der Waals surface area contributed by atoms with Crippen LogP contribution in [0.15, 0.2) is 24.3 Å². The van der Waals surface area contributed by atoms with Crippen LogP contribution in [0.1, 0.15) is 11.3 Å². The van der Waals surface area contributed by atoms with Gasteiger partial charge in [-0.15, -0.1) is 0 Å². The zero-order valence-electron chi connectivity index (χ0n) is 9.73. The lowest BCUT2D eigenvalue weighted by molar-refractivity contribution is 0.178. The molecule has 1 N–H and O–H groups in total. The maximum atomic E-state index is 12.9. The Morgan fingerprint density at radius 3 is 2.61 bits per heavy atom. The van der Waals surface area contributed by atoms with Gasteiger partial charge in [0, 0.05) is 12.7 Å². The zero-order valence-corrected chi connectivity index (χ0v) is 10.5. The highest BCUT2D eigenvalue weighted by molar-refractivity contribution is 6.30. The Bertz CT molecular complexity index is 540. The molecule has 1 aromatic carbocycles. The predicted octanol–water partition coefficient (Wildman–Crippen LogP) is 2.30. The number of benzene rings is 1. The largest absolute Gasteiger partial charge is 0.391 e. The minimum absolute atomic E-state index is 0.223. The van der Waals surface area contributed by atoms with E-state index in [4.69, 9.17) is 16.3 Å². The van der Waals surface area contributed by atoms with Crippen molar-refractivity contribution in [2.75, 3.05) is 7.11 Å². The van der Waals surface area contributed by atoms with Crippen LogP contribution in [-0.2, 0) is 18.0 Å². The number of rotatable bonds is 4. The zero-order chi connectivity index (χ0) is 13.1. The van der Waals surface area contributed by atoms with Crippen LogP contribution in [0.4, 0.5) is 4.39 Å². The molecule has 0 amide bonds. The van der Waals surface area contributed by atoms with Gasteiger partial charge in [-0.2, -0.15) is 5.10 Å². The van der Waals surface area contributed by atoms with Gasteiger partial charge in [0.25, 0.3) is 0 Å². The van der Waals surface area contributed by atoms with Crippen molar-refractivity contribution >= 4 is 11.6 Å². The maximum absolute atomic E-state index is 12.9. The molecule has 0 bridgehead atoms. The van der Waals surface area contributed by atoms with Crippen LogP contribution < -0.4 is 0 Å². The molecule has 0 aliphatic heterocycles. The highest BCUT2D eigenvalue weighted by atomic mass is 35.5. The summed E-state index contributed by atoms with van der Waals surface area (Å²) < 4.78 is 19.3. The number of aliphatic hydroxyl groups excluding tert-OH is 1. The van der Waals surface area contributed by atoms with E-state index in [1.54, 1.807) is 12.1 Å². The second-order valence-corrected chi connectivity index (χ2v) is 4.05. The van der Waals surface area contributed by atoms with Gasteiger partial charge in [0.2, 0.25) is 0 Å². The molecule has 4 nitrogen and oxygen atoms in total. The number of aromatic nitrogens is 2. The lowest BCUT2D eigenvalue weighted by Gasteiger charge is -2.02. The third-order valence-electron chi connectivity index (χ3n) is 2.51. The van der Waals surface area contributed by atoms with Crippen molar-refractivity contribution in [3.05, 3.63) is 46.5 Å². The Kier molecular flexibility index (Phi) is 3.96. The number of hydrogen-bond acceptors (Lipinski definition) is 3. The SMILES string of the molecule is COCc1nn(-c2ccc(F)cc2)c(Cl)c1CO. The fourth-order valence-corrected chi connectivity index (χ4v) is 1.94. The number of nitrogens with zero attached hydrogens (tertiary/aromatic N) is 2. The summed E-state index contributed by atoms with van der Waals surface area (Å²) in [7, 11) is 1.53. The summed E-state index contributed by atoms with van der Waals surface area (Å²) in [4.78, 5) is 0. The fraction of sp³-hybridized carbons (Fsp3) is 0.250. The molecule has 0 aliphatic carbocycles. The third kappa shape index (κ3) is 2.38. The minimum Gasteiger partial charge on any atom is -0.391 e. The van der Waals surface area contributed by atoms with Gasteiger partial charge in [0.15, 0.2) is 0 Å². The Morgan fingerprint density at radius 1 is 1.39 bits per heavy atom. The lowest BCUT2D eigenvalue weighted by atomic mass is 10.2. The molecule has 2 rings (SSSR count). The highest BCUT2D eigenvalue weighted by Crippen LogP contribution is 2.24. The van der Waals surface area contributed by atoms with E-state index in [9.17, 15) is 9.50 Å². The van der Waals surface area contributed by atoms with Crippen LogP contribution in [0.25, 0.3) is 5.69 Å². The Hall–Kier alpha value is -1.43. The molecule has 1 heterocycles. The smallest absolute Gasteiger partial charge is 0.138 e. The molecule has 0 aliphatic rings. The van der Waals surface area contributed by atoms with Gasteiger partial charge in [-0.3, -0.25) is 0 Å². The van der Waals surface area contributed by atoms with Gasteiger partial charge in [-0.1, -0.05) is 11.6 Å². The maximum Gasteiger partial charge on any atom is 0.138 e. The van der Waals surface area contributed by atoms with E-state index >= 15 is 0 Å². The molecule has 0 unspecified atom stereocenters. The van der Waals surface area contributed by atoms with E-state index in [-0.39, 0.29) is 19.0 Å². The number of methoxy groups -OCH3 is 1. The van der Waals surface area contributed by atoms with Crippen molar-refractivity contribution in [2.45, 2.75) is 13.2 Å². The van der Waals surface area contributed by atoms with Gasteiger partial charge < -0.3 is 9.84 Å². The average Bonchev–Trinajstić information content (AvgIpc) is 2.67. The van der Waals surface area contributed by atoms with Crippen molar-refractivity contribution in [3.8, 4) is 5.69 Å². The standard InChI is InChI=1S/C12H12ClFN2O2/c1-18-7-11-10(6-17)12(13)16(15-11)9-4-2-8(14)3-5-9/h2-5,17H,6-7H2,1H3. The molecular formula is C12H12ClFN2O2. The molecule has 6 heteroatoms. The minimum atomic E-state index is -0.332. The first kappa shape index (κ1) is 13.0. The molecular weight excluding hydrogens is 259 g/mol. The number of aliphatic hydroxyl groups is 1. The Labute approximate surface area is 109 Å². The summed E-state index contributed by atoms with van der Waals surface area (Å²) in [6.07, 6.45) is 0. The topological polar surface area (TPSA) is 47.3 Å². The molecule has 1 aromatic heterocycles. The Morgan fingerprint density at radius 2 is 2.06 bits per heavy atom. The molecule has 0 saturated carbocycles. The first-order valence-electron chi connectivity index (χ1n) is 5.29. The third-order valence-corrected chi connectivity index (χ3v) is 2.90. The van der Waals surface area contributed by atoms with Gasteiger partial charge in [-0.25, -0.2) is 9.07 Å². The monoisotopic (exact) mass is 270 g/mol. The number of halogens is 2. The van der Waals surface area contributed by atoms with E-state index < -0.39 is 0 Å². The average molecular weight is 271 g/mol. The summed E-state index contributed by atoms with van der Waals surface area (Å²) >= 11 is 6.13. The van der Waals surface area contributed by atoms with Crippen molar-refractivity contribution in [1.29, 1.82) is 0 Å². The van der Waals surface area contributed by atoms with Crippen LogP contribution in [0.5, 0.6) is 0 Å². The van der Waals surface area contributed by atoms with E-state index in [1.807, 2.05) is 0 Å². The number of ether oxygens (including phenoxy) is 1. The molecule has 0 atom stereocenters. The van der Waals surface area contributed by atoms with E-state index in [0.717, 1.165) is 0 Å². The molecule has 0 spiro atoms. The van der Waals surface area contributed by atoms with Crippen LogP contribution in [0, 0.1) is 5.82 Å². The quantitative estimate of drug-likeness (QED) is 0.927. The van der Waals surface area contributed by atoms with Crippen molar-refractivity contribution < 1.29 is 14.2 Å². The normalized spacial score (nSPS) is 10.9. The molecule has 0 saturated heterocycles. The highest BCUT2D eigenvalue weighted by Gasteiger charge is 2.16. The van der Waals surface area contributed by atoms with Crippen molar-refractivity contribution in [3.63, 3.8) is 0 Å². The van der Waals surface area contributed by atoms with Gasteiger partial charge >= 0.3 is 0 Å².